The molecule has 0 saturated carbocycles. The van der Waals surface area contributed by atoms with Crippen molar-refractivity contribution in [3.8, 4) is 5.88 Å². The fourth-order valence-electron chi connectivity index (χ4n) is 3.04. The fourth-order valence-corrected chi connectivity index (χ4v) is 3.04. The quantitative estimate of drug-likeness (QED) is 0.853. The number of ether oxygens (including phenoxy) is 2. The van der Waals surface area contributed by atoms with Crippen LogP contribution in [0, 0.1) is 11.3 Å². The minimum absolute atomic E-state index is 0.00268. The van der Waals surface area contributed by atoms with Gasteiger partial charge in [-0.3, -0.25) is 0 Å². The van der Waals surface area contributed by atoms with Crippen LogP contribution in [0.1, 0.15) is 12.8 Å². The summed E-state index contributed by atoms with van der Waals surface area (Å²) in [6.07, 6.45) is 4.05. The lowest BCUT2D eigenvalue weighted by Crippen LogP contribution is -2.54. The van der Waals surface area contributed by atoms with Gasteiger partial charge in [0.2, 0.25) is 5.88 Å². The normalized spacial score (nSPS) is 22.7. The lowest BCUT2D eigenvalue weighted by Gasteiger charge is -2.44. The van der Waals surface area contributed by atoms with E-state index in [2.05, 4.69) is 9.88 Å². The van der Waals surface area contributed by atoms with Crippen molar-refractivity contribution in [1.29, 1.82) is 0 Å². The van der Waals surface area contributed by atoms with Crippen molar-refractivity contribution in [2.75, 3.05) is 46.1 Å². The van der Waals surface area contributed by atoms with Crippen molar-refractivity contribution in [1.82, 2.24) is 9.88 Å². The summed E-state index contributed by atoms with van der Waals surface area (Å²) in [5.74, 6) is 1.32. The molecule has 5 heteroatoms. The van der Waals surface area contributed by atoms with Gasteiger partial charge in [-0.25, -0.2) is 4.98 Å². The average molecular weight is 292 g/mol. The molecular weight excluding hydrogens is 268 g/mol. The number of likely N-dealkylation sites (tertiary alicyclic amines) is 1. The summed E-state index contributed by atoms with van der Waals surface area (Å²) < 4.78 is 11.0. The van der Waals surface area contributed by atoms with E-state index in [1.807, 2.05) is 18.2 Å². The topological polar surface area (TPSA) is 54.8 Å². The smallest absolute Gasteiger partial charge is 0.213 e. The summed E-state index contributed by atoms with van der Waals surface area (Å²) in [6, 6.07) is 5.74. The number of pyridine rings is 1. The molecule has 0 radical (unpaired) electrons. The van der Waals surface area contributed by atoms with Crippen LogP contribution in [-0.4, -0.2) is 61.1 Å². The molecule has 0 atom stereocenters. The SMILES string of the molecule is OCC1(CN2CCC(COc3ccccn3)CC2)COC1. The van der Waals surface area contributed by atoms with Gasteiger partial charge in [0, 0.05) is 18.8 Å². The first-order valence-electron chi connectivity index (χ1n) is 7.74. The molecule has 0 bridgehead atoms. The molecule has 2 aliphatic rings. The number of hydrogen-bond donors (Lipinski definition) is 1. The molecule has 3 rings (SSSR count). The second kappa shape index (κ2) is 6.73. The van der Waals surface area contributed by atoms with Gasteiger partial charge < -0.3 is 19.5 Å². The predicted molar refractivity (Wildman–Crippen MR) is 79.2 cm³/mol. The third kappa shape index (κ3) is 3.73. The standard InChI is InChI=1S/C16H24N2O3/c19-11-16(12-20-13-16)10-18-7-4-14(5-8-18)9-21-15-3-1-2-6-17-15/h1-3,6,14,19H,4-5,7-13H2. The Kier molecular flexibility index (Phi) is 4.73. The van der Waals surface area contributed by atoms with Crippen LogP contribution in [0.2, 0.25) is 0 Å². The van der Waals surface area contributed by atoms with E-state index in [9.17, 15) is 5.11 Å². The Morgan fingerprint density at radius 3 is 2.71 bits per heavy atom. The Morgan fingerprint density at radius 2 is 2.14 bits per heavy atom. The molecule has 0 unspecified atom stereocenters. The van der Waals surface area contributed by atoms with E-state index < -0.39 is 0 Å². The van der Waals surface area contributed by atoms with E-state index in [1.54, 1.807) is 6.20 Å². The maximum Gasteiger partial charge on any atom is 0.213 e. The molecule has 1 aromatic rings. The largest absolute Gasteiger partial charge is 0.477 e. The minimum Gasteiger partial charge on any atom is -0.477 e. The number of aliphatic hydroxyl groups excluding tert-OH is 1. The second-order valence-corrected chi connectivity index (χ2v) is 6.35. The molecular formula is C16H24N2O3. The first-order chi connectivity index (χ1) is 10.3. The fraction of sp³-hybridized carbons (Fsp3) is 0.688. The highest BCUT2D eigenvalue weighted by Gasteiger charge is 2.40. The summed E-state index contributed by atoms with van der Waals surface area (Å²) in [5, 5.41) is 9.50. The number of aliphatic hydroxyl groups is 1. The van der Waals surface area contributed by atoms with E-state index >= 15 is 0 Å². The summed E-state index contributed by atoms with van der Waals surface area (Å²) in [4.78, 5) is 6.64. The molecule has 5 nitrogen and oxygen atoms in total. The predicted octanol–water partition coefficient (Wildman–Crippen LogP) is 1.18. The molecule has 0 aliphatic carbocycles. The van der Waals surface area contributed by atoms with E-state index in [1.165, 1.54) is 0 Å². The lowest BCUT2D eigenvalue weighted by molar-refractivity contribution is -0.150. The molecule has 21 heavy (non-hydrogen) atoms. The lowest BCUT2D eigenvalue weighted by atomic mass is 9.85. The monoisotopic (exact) mass is 292 g/mol. The summed E-state index contributed by atoms with van der Waals surface area (Å²) in [6.45, 7) is 5.50. The molecule has 0 spiro atoms. The highest BCUT2D eigenvalue weighted by molar-refractivity contribution is 5.09. The van der Waals surface area contributed by atoms with Crippen molar-refractivity contribution >= 4 is 0 Å². The maximum atomic E-state index is 9.50. The van der Waals surface area contributed by atoms with E-state index in [0.29, 0.717) is 25.0 Å². The molecule has 2 fully saturated rings. The molecule has 1 N–H and O–H groups in total. The van der Waals surface area contributed by atoms with E-state index in [-0.39, 0.29) is 12.0 Å². The third-order valence-electron chi connectivity index (χ3n) is 4.52. The zero-order chi connectivity index (χ0) is 14.5. The van der Waals surface area contributed by atoms with E-state index in [0.717, 1.165) is 39.1 Å². The van der Waals surface area contributed by atoms with Crippen molar-refractivity contribution in [3.63, 3.8) is 0 Å². The summed E-state index contributed by atoms with van der Waals surface area (Å²) in [7, 11) is 0. The Hall–Kier alpha value is -1.17. The van der Waals surface area contributed by atoms with Crippen molar-refractivity contribution in [3.05, 3.63) is 24.4 Å². The van der Waals surface area contributed by atoms with Crippen molar-refractivity contribution in [2.24, 2.45) is 11.3 Å². The number of rotatable bonds is 6. The first kappa shape index (κ1) is 14.8. The maximum absolute atomic E-state index is 9.50. The van der Waals surface area contributed by atoms with Crippen LogP contribution in [0.5, 0.6) is 5.88 Å². The van der Waals surface area contributed by atoms with Crippen LogP contribution in [0.4, 0.5) is 0 Å². The number of piperidine rings is 1. The molecule has 0 amide bonds. The minimum atomic E-state index is -0.00268. The van der Waals surface area contributed by atoms with Gasteiger partial charge >= 0.3 is 0 Å². The first-order valence-corrected chi connectivity index (χ1v) is 7.74. The Balaban J connectivity index is 1.39. The van der Waals surface area contributed by atoms with Crippen LogP contribution < -0.4 is 4.74 Å². The number of hydrogen-bond acceptors (Lipinski definition) is 5. The van der Waals surface area contributed by atoms with Gasteiger partial charge in [-0.2, -0.15) is 0 Å². The molecule has 116 valence electrons. The third-order valence-corrected chi connectivity index (χ3v) is 4.52. The highest BCUT2D eigenvalue weighted by atomic mass is 16.5. The number of aromatic nitrogens is 1. The van der Waals surface area contributed by atoms with Crippen LogP contribution >= 0.6 is 0 Å². The highest BCUT2D eigenvalue weighted by Crippen LogP contribution is 2.29. The van der Waals surface area contributed by atoms with Gasteiger partial charge in [-0.15, -0.1) is 0 Å². The van der Waals surface area contributed by atoms with Crippen LogP contribution in [0.25, 0.3) is 0 Å². The molecule has 2 aliphatic heterocycles. The second-order valence-electron chi connectivity index (χ2n) is 6.35. The summed E-state index contributed by atoms with van der Waals surface area (Å²) >= 11 is 0. The molecule has 1 aromatic heterocycles. The zero-order valence-electron chi connectivity index (χ0n) is 12.4. The number of nitrogens with zero attached hydrogens (tertiary/aromatic N) is 2. The van der Waals surface area contributed by atoms with Gasteiger partial charge in [0.25, 0.3) is 0 Å². The average Bonchev–Trinajstić information content (AvgIpc) is 2.51. The van der Waals surface area contributed by atoms with Crippen molar-refractivity contribution in [2.45, 2.75) is 12.8 Å². The van der Waals surface area contributed by atoms with Crippen LogP contribution in [-0.2, 0) is 4.74 Å². The zero-order valence-corrected chi connectivity index (χ0v) is 12.4. The molecule has 2 saturated heterocycles. The van der Waals surface area contributed by atoms with Gasteiger partial charge in [-0.1, -0.05) is 6.07 Å². The van der Waals surface area contributed by atoms with E-state index in [4.69, 9.17) is 9.47 Å². The Labute approximate surface area is 125 Å². The van der Waals surface area contributed by atoms with Gasteiger partial charge in [-0.05, 0) is 37.9 Å². The van der Waals surface area contributed by atoms with Gasteiger partial charge in [0.05, 0.1) is 31.8 Å². The van der Waals surface area contributed by atoms with Crippen LogP contribution in [0.15, 0.2) is 24.4 Å². The molecule has 0 aromatic carbocycles. The Bertz CT molecular complexity index is 423. The van der Waals surface area contributed by atoms with Gasteiger partial charge in [0.1, 0.15) is 0 Å². The Morgan fingerprint density at radius 1 is 1.33 bits per heavy atom. The molecule has 3 heterocycles. The van der Waals surface area contributed by atoms with Crippen molar-refractivity contribution < 1.29 is 14.6 Å². The summed E-state index contributed by atoms with van der Waals surface area (Å²) in [5.41, 5.74) is -0.00268. The van der Waals surface area contributed by atoms with Gasteiger partial charge in [0.15, 0.2) is 0 Å². The van der Waals surface area contributed by atoms with Crippen LogP contribution in [0.3, 0.4) is 0 Å².